The molecule has 1 aliphatic heterocycles. The molecular weight excluding hydrogens is 419 g/mol. The Kier molecular flexibility index (Phi) is 5.66. The summed E-state index contributed by atoms with van der Waals surface area (Å²) in [5.74, 6) is 0.799. The van der Waals surface area contributed by atoms with Crippen LogP contribution in [0.2, 0.25) is 0 Å². The minimum absolute atomic E-state index is 0.333. The van der Waals surface area contributed by atoms with E-state index < -0.39 is 0 Å². The van der Waals surface area contributed by atoms with Gasteiger partial charge in [-0.1, -0.05) is 6.07 Å². The Labute approximate surface area is 191 Å². The molecule has 0 spiro atoms. The number of nitrogen functional groups attached to an aromatic ring is 1. The number of rotatable bonds is 5. The minimum Gasteiger partial charge on any atom is -0.496 e. The van der Waals surface area contributed by atoms with Crippen LogP contribution in [0.15, 0.2) is 66.9 Å². The predicted molar refractivity (Wildman–Crippen MR) is 128 cm³/mol. The van der Waals surface area contributed by atoms with Gasteiger partial charge < -0.3 is 20.7 Å². The molecule has 0 aliphatic carbocycles. The molecule has 2 aromatic carbocycles. The lowest BCUT2D eigenvalue weighted by atomic mass is 10.00. The van der Waals surface area contributed by atoms with E-state index in [4.69, 9.17) is 10.5 Å². The van der Waals surface area contributed by atoms with Crippen LogP contribution in [0.25, 0.3) is 28.2 Å². The van der Waals surface area contributed by atoms with E-state index in [-0.39, 0.29) is 5.82 Å². The van der Waals surface area contributed by atoms with Gasteiger partial charge in [0.15, 0.2) is 0 Å². The van der Waals surface area contributed by atoms with Gasteiger partial charge in [0.25, 0.3) is 0 Å². The number of nitrogens with zero attached hydrogens (tertiary/aromatic N) is 4. The number of hydrogen-bond acceptors (Lipinski definition) is 6. The van der Waals surface area contributed by atoms with E-state index in [1.807, 2.05) is 12.1 Å². The van der Waals surface area contributed by atoms with Crippen LogP contribution in [0.5, 0.6) is 5.75 Å². The van der Waals surface area contributed by atoms with Gasteiger partial charge in [0.05, 0.1) is 30.4 Å². The molecule has 168 valence electrons. The molecule has 4 aromatic rings. The molecule has 0 unspecified atom stereocenters. The van der Waals surface area contributed by atoms with Gasteiger partial charge in [0.1, 0.15) is 17.4 Å². The van der Waals surface area contributed by atoms with Crippen LogP contribution in [-0.2, 0) is 0 Å². The van der Waals surface area contributed by atoms with Crippen molar-refractivity contribution >= 4 is 11.5 Å². The lowest BCUT2D eigenvalue weighted by molar-refractivity contribution is 0.416. The van der Waals surface area contributed by atoms with Crippen molar-refractivity contribution in [1.82, 2.24) is 20.1 Å². The summed E-state index contributed by atoms with van der Waals surface area (Å²) in [4.78, 5) is 6.97. The van der Waals surface area contributed by atoms with E-state index in [2.05, 4.69) is 38.5 Å². The Morgan fingerprint density at radius 1 is 0.970 bits per heavy atom. The van der Waals surface area contributed by atoms with Gasteiger partial charge in [-0.2, -0.15) is 5.10 Å². The van der Waals surface area contributed by atoms with Crippen molar-refractivity contribution in [3.05, 3.63) is 72.7 Å². The average molecular weight is 445 g/mol. The SMILES string of the molecule is COc1cc(N2CCNCC2)ccc1-c1ccc(N)nc1-c1ccnn1-c1cccc(F)c1. The lowest BCUT2D eigenvalue weighted by Gasteiger charge is -2.30. The van der Waals surface area contributed by atoms with E-state index >= 15 is 0 Å². The van der Waals surface area contributed by atoms with Gasteiger partial charge in [0.2, 0.25) is 0 Å². The van der Waals surface area contributed by atoms with E-state index in [0.29, 0.717) is 22.9 Å². The highest BCUT2D eigenvalue weighted by Crippen LogP contribution is 2.39. The number of methoxy groups -OCH3 is 1. The van der Waals surface area contributed by atoms with Crippen LogP contribution in [0.3, 0.4) is 0 Å². The molecule has 3 heterocycles. The number of hydrogen-bond donors (Lipinski definition) is 2. The summed E-state index contributed by atoms with van der Waals surface area (Å²) >= 11 is 0. The molecule has 8 heteroatoms. The number of aromatic nitrogens is 3. The lowest BCUT2D eigenvalue weighted by Crippen LogP contribution is -2.43. The molecule has 0 atom stereocenters. The third kappa shape index (κ3) is 4.12. The first-order valence-corrected chi connectivity index (χ1v) is 10.8. The average Bonchev–Trinajstić information content (AvgIpc) is 3.34. The van der Waals surface area contributed by atoms with Crippen LogP contribution in [0, 0.1) is 5.82 Å². The third-order valence-electron chi connectivity index (χ3n) is 5.81. The first-order chi connectivity index (χ1) is 16.1. The molecule has 7 nitrogen and oxygen atoms in total. The Morgan fingerprint density at radius 3 is 2.58 bits per heavy atom. The summed E-state index contributed by atoms with van der Waals surface area (Å²) in [5, 5.41) is 7.79. The van der Waals surface area contributed by atoms with Gasteiger partial charge in [-0.05, 0) is 48.5 Å². The summed E-state index contributed by atoms with van der Waals surface area (Å²) in [6.45, 7) is 3.81. The first-order valence-electron chi connectivity index (χ1n) is 10.8. The fourth-order valence-corrected chi connectivity index (χ4v) is 4.21. The Morgan fingerprint density at radius 2 is 1.79 bits per heavy atom. The van der Waals surface area contributed by atoms with E-state index in [1.54, 1.807) is 36.2 Å². The quantitative estimate of drug-likeness (QED) is 0.488. The molecule has 3 N–H and O–H groups in total. The second kappa shape index (κ2) is 8.91. The number of anilines is 2. The van der Waals surface area contributed by atoms with Gasteiger partial charge in [-0.3, -0.25) is 0 Å². The van der Waals surface area contributed by atoms with Crippen LogP contribution in [0.1, 0.15) is 0 Å². The molecule has 5 rings (SSSR count). The van der Waals surface area contributed by atoms with E-state index in [1.165, 1.54) is 12.1 Å². The summed E-state index contributed by atoms with van der Waals surface area (Å²) in [6.07, 6.45) is 1.67. The number of nitrogens with two attached hydrogens (primary N) is 1. The van der Waals surface area contributed by atoms with Gasteiger partial charge in [-0.15, -0.1) is 0 Å². The van der Waals surface area contributed by atoms with Crippen molar-refractivity contribution in [1.29, 1.82) is 0 Å². The standard InChI is InChI=1S/C25H25FN6O/c1-33-23-16-18(31-13-11-28-12-14-31)5-6-20(23)21-7-8-24(27)30-25(21)22-9-10-29-32(22)19-4-2-3-17(26)15-19/h2-10,15-16,28H,11-14H2,1H3,(H2,27,30). The van der Waals surface area contributed by atoms with Crippen LogP contribution in [0.4, 0.5) is 15.9 Å². The zero-order valence-electron chi connectivity index (χ0n) is 18.3. The van der Waals surface area contributed by atoms with E-state index in [0.717, 1.165) is 48.7 Å². The van der Waals surface area contributed by atoms with E-state index in [9.17, 15) is 4.39 Å². The van der Waals surface area contributed by atoms with Crippen molar-refractivity contribution in [2.24, 2.45) is 0 Å². The zero-order valence-corrected chi connectivity index (χ0v) is 18.3. The topological polar surface area (TPSA) is 81.2 Å². The maximum absolute atomic E-state index is 13.9. The summed E-state index contributed by atoms with van der Waals surface area (Å²) in [7, 11) is 1.67. The smallest absolute Gasteiger partial charge is 0.128 e. The number of benzene rings is 2. The van der Waals surface area contributed by atoms with Gasteiger partial charge in [0, 0.05) is 49.1 Å². The molecule has 0 radical (unpaired) electrons. The second-order valence-corrected chi connectivity index (χ2v) is 7.86. The summed E-state index contributed by atoms with van der Waals surface area (Å²) in [6, 6.07) is 18.1. The highest BCUT2D eigenvalue weighted by Gasteiger charge is 2.19. The predicted octanol–water partition coefficient (Wildman–Crippen LogP) is 3.74. The van der Waals surface area contributed by atoms with Crippen molar-refractivity contribution < 1.29 is 9.13 Å². The number of halogens is 1. The summed E-state index contributed by atoms with van der Waals surface area (Å²) < 4.78 is 21.3. The highest BCUT2D eigenvalue weighted by atomic mass is 19.1. The summed E-state index contributed by atoms with van der Waals surface area (Å²) in [5.41, 5.74) is 10.9. The molecule has 1 fully saturated rings. The van der Waals surface area contributed by atoms with Crippen molar-refractivity contribution in [2.45, 2.75) is 0 Å². The molecule has 33 heavy (non-hydrogen) atoms. The molecule has 1 saturated heterocycles. The minimum atomic E-state index is -0.333. The molecule has 2 aromatic heterocycles. The third-order valence-corrected chi connectivity index (χ3v) is 5.81. The molecule has 0 saturated carbocycles. The molecule has 0 bridgehead atoms. The first kappa shape index (κ1) is 21.0. The van der Waals surface area contributed by atoms with Crippen LogP contribution in [-0.4, -0.2) is 48.1 Å². The van der Waals surface area contributed by atoms with Crippen LogP contribution < -0.4 is 20.7 Å². The number of ether oxygens (including phenoxy) is 1. The maximum atomic E-state index is 13.9. The fraction of sp³-hybridized carbons (Fsp3) is 0.200. The molecule has 0 amide bonds. The van der Waals surface area contributed by atoms with Crippen molar-refractivity contribution in [2.75, 3.05) is 43.9 Å². The maximum Gasteiger partial charge on any atom is 0.128 e. The number of nitrogens with one attached hydrogen (secondary N) is 1. The fourth-order valence-electron chi connectivity index (χ4n) is 4.21. The Bertz CT molecular complexity index is 1280. The largest absolute Gasteiger partial charge is 0.496 e. The normalized spacial score (nSPS) is 13.8. The number of piperazine rings is 1. The van der Waals surface area contributed by atoms with Gasteiger partial charge in [-0.25, -0.2) is 14.1 Å². The second-order valence-electron chi connectivity index (χ2n) is 7.86. The number of pyridine rings is 1. The monoisotopic (exact) mass is 444 g/mol. The van der Waals surface area contributed by atoms with Crippen LogP contribution >= 0.6 is 0 Å². The van der Waals surface area contributed by atoms with Crippen molar-refractivity contribution in [3.8, 4) is 34.0 Å². The molecule has 1 aliphatic rings. The van der Waals surface area contributed by atoms with Gasteiger partial charge >= 0.3 is 0 Å². The Balaban J connectivity index is 1.62. The van der Waals surface area contributed by atoms with Crippen molar-refractivity contribution in [3.63, 3.8) is 0 Å². The highest BCUT2D eigenvalue weighted by molar-refractivity contribution is 5.85. The molecular formula is C25H25FN6O. The Hall–Kier alpha value is -3.91. The zero-order chi connectivity index (χ0) is 22.8.